The van der Waals surface area contributed by atoms with Crippen LogP contribution < -0.4 is 0 Å². The van der Waals surface area contributed by atoms with Gasteiger partial charge in [0.25, 0.3) is 0 Å². The molecule has 0 radical (unpaired) electrons. The third kappa shape index (κ3) is 2.81. The fourth-order valence-corrected chi connectivity index (χ4v) is 2.37. The van der Waals surface area contributed by atoms with Crippen molar-refractivity contribution >= 4 is 5.78 Å². The second-order valence-corrected chi connectivity index (χ2v) is 6.27. The summed E-state index contributed by atoms with van der Waals surface area (Å²) in [7, 11) is 0. The SMILES string of the molecule is CC1CC(C(=O)c2ccc(C(C)(C)C)cc2)CO1. The van der Waals surface area contributed by atoms with Crippen LogP contribution in [0.1, 0.15) is 50.0 Å². The highest BCUT2D eigenvalue weighted by molar-refractivity contribution is 5.98. The Hall–Kier alpha value is -1.15. The van der Waals surface area contributed by atoms with Gasteiger partial charge in [-0.05, 0) is 24.3 Å². The number of rotatable bonds is 2. The van der Waals surface area contributed by atoms with Crippen LogP contribution in [0.5, 0.6) is 0 Å². The maximum Gasteiger partial charge on any atom is 0.168 e. The highest BCUT2D eigenvalue weighted by Crippen LogP contribution is 2.26. The van der Waals surface area contributed by atoms with Gasteiger partial charge < -0.3 is 4.74 Å². The third-order valence-corrected chi connectivity index (χ3v) is 3.60. The molecule has 0 spiro atoms. The van der Waals surface area contributed by atoms with E-state index in [1.165, 1.54) is 5.56 Å². The molecule has 1 aliphatic rings. The zero-order valence-electron chi connectivity index (χ0n) is 11.7. The van der Waals surface area contributed by atoms with Crippen molar-refractivity contribution in [2.75, 3.05) is 6.61 Å². The molecule has 0 aliphatic carbocycles. The Labute approximate surface area is 109 Å². The lowest BCUT2D eigenvalue weighted by atomic mass is 9.85. The summed E-state index contributed by atoms with van der Waals surface area (Å²) in [6, 6.07) is 8.02. The highest BCUT2D eigenvalue weighted by Gasteiger charge is 2.29. The normalized spacial score (nSPS) is 24.2. The maximum atomic E-state index is 12.3. The molecule has 2 unspecified atom stereocenters. The molecule has 0 saturated carbocycles. The monoisotopic (exact) mass is 246 g/mol. The quantitative estimate of drug-likeness (QED) is 0.745. The number of hydrogen-bond donors (Lipinski definition) is 0. The minimum absolute atomic E-state index is 0.0421. The first-order chi connectivity index (χ1) is 8.38. The number of Topliss-reactive ketones (excluding diaryl/α,β-unsaturated/α-hetero) is 1. The van der Waals surface area contributed by atoms with Crippen LogP contribution in [0.25, 0.3) is 0 Å². The third-order valence-electron chi connectivity index (χ3n) is 3.60. The molecule has 98 valence electrons. The molecule has 1 aliphatic heterocycles. The smallest absolute Gasteiger partial charge is 0.168 e. The number of carbonyl (C=O) groups excluding carboxylic acids is 1. The molecule has 2 rings (SSSR count). The van der Waals surface area contributed by atoms with Crippen LogP contribution in [-0.2, 0) is 10.2 Å². The average molecular weight is 246 g/mol. The van der Waals surface area contributed by atoms with Gasteiger partial charge in [0.05, 0.1) is 12.7 Å². The van der Waals surface area contributed by atoms with E-state index in [9.17, 15) is 4.79 Å². The molecule has 2 nitrogen and oxygen atoms in total. The van der Waals surface area contributed by atoms with Crippen LogP contribution >= 0.6 is 0 Å². The van der Waals surface area contributed by atoms with E-state index in [1.807, 2.05) is 19.1 Å². The van der Waals surface area contributed by atoms with Gasteiger partial charge in [0, 0.05) is 11.5 Å². The fraction of sp³-hybridized carbons (Fsp3) is 0.562. The Kier molecular flexibility index (Phi) is 3.58. The fourth-order valence-electron chi connectivity index (χ4n) is 2.37. The summed E-state index contributed by atoms with van der Waals surface area (Å²) in [6.45, 7) is 9.12. The minimum atomic E-state index is 0.0421. The molecule has 1 heterocycles. The molecule has 2 atom stereocenters. The van der Waals surface area contributed by atoms with E-state index >= 15 is 0 Å². The Morgan fingerprint density at radius 2 is 1.83 bits per heavy atom. The summed E-state index contributed by atoms with van der Waals surface area (Å²) in [4.78, 5) is 12.3. The van der Waals surface area contributed by atoms with Crippen LogP contribution in [0, 0.1) is 5.92 Å². The molecule has 1 saturated heterocycles. The molecule has 1 aromatic rings. The molecule has 0 bridgehead atoms. The number of carbonyl (C=O) groups is 1. The van der Waals surface area contributed by atoms with Gasteiger partial charge in [-0.3, -0.25) is 4.79 Å². The summed E-state index contributed by atoms with van der Waals surface area (Å²) < 4.78 is 5.47. The summed E-state index contributed by atoms with van der Waals surface area (Å²) in [5.41, 5.74) is 2.20. The molecular formula is C16H22O2. The lowest BCUT2D eigenvalue weighted by Crippen LogP contribution is -2.16. The molecule has 1 fully saturated rings. The highest BCUT2D eigenvalue weighted by atomic mass is 16.5. The van der Waals surface area contributed by atoms with E-state index in [2.05, 4.69) is 32.9 Å². The van der Waals surface area contributed by atoms with Gasteiger partial charge >= 0.3 is 0 Å². The zero-order valence-corrected chi connectivity index (χ0v) is 11.7. The lowest BCUT2D eigenvalue weighted by molar-refractivity contribution is 0.0877. The second-order valence-electron chi connectivity index (χ2n) is 6.27. The predicted octanol–water partition coefficient (Wildman–Crippen LogP) is 3.59. The van der Waals surface area contributed by atoms with Crippen molar-refractivity contribution in [1.29, 1.82) is 0 Å². The van der Waals surface area contributed by atoms with Crippen LogP contribution in [0.3, 0.4) is 0 Å². The molecule has 0 aromatic heterocycles. The van der Waals surface area contributed by atoms with Crippen molar-refractivity contribution in [2.24, 2.45) is 5.92 Å². The average Bonchev–Trinajstić information content (AvgIpc) is 2.74. The molecule has 2 heteroatoms. The van der Waals surface area contributed by atoms with Gasteiger partial charge in [-0.2, -0.15) is 0 Å². The van der Waals surface area contributed by atoms with Gasteiger partial charge in [-0.15, -0.1) is 0 Å². The van der Waals surface area contributed by atoms with Gasteiger partial charge in [-0.25, -0.2) is 0 Å². The Morgan fingerprint density at radius 1 is 1.22 bits per heavy atom. The van der Waals surface area contributed by atoms with Crippen LogP contribution in [-0.4, -0.2) is 18.5 Å². The van der Waals surface area contributed by atoms with Gasteiger partial charge in [0.2, 0.25) is 0 Å². The first-order valence-corrected chi connectivity index (χ1v) is 6.64. The van der Waals surface area contributed by atoms with Crippen molar-refractivity contribution in [3.8, 4) is 0 Å². The number of hydrogen-bond acceptors (Lipinski definition) is 2. The van der Waals surface area contributed by atoms with Gasteiger partial charge in [-0.1, -0.05) is 45.0 Å². The largest absolute Gasteiger partial charge is 0.378 e. The Balaban J connectivity index is 2.12. The van der Waals surface area contributed by atoms with Gasteiger partial charge in [0.1, 0.15) is 0 Å². The molecule has 0 amide bonds. The van der Waals surface area contributed by atoms with E-state index in [-0.39, 0.29) is 23.2 Å². The van der Waals surface area contributed by atoms with Crippen molar-refractivity contribution in [2.45, 2.75) is 45.6 Å². The molecule has 0 N–H and O–H groups in total. The van der Waals surface area contributed by atoms with E-state index in [1.54, 1.807) is 0 Å². The molecule has 1 aromatic carbocycles. The Morgan fingerprint density at radius 3 is 2.28 bits per heavy atom. The standard InChI is InChI=1S/C16H22O2/c1-11-9-13(10-18-11)15(17)12-5-7-14(8-6-12)16(2,3)4/h5-8,11,13H,9-10H2,1-4H3. The molecular weight excluding hydrogens is 224 g/mol. The van der Waals surface area contributed by atoms with E-state index in [0.29, 0.717) is 6.61 Å². The first kappa shape index (κ1) is 13.3. The second kappa shape index (κ2) is 4.85. The lowest BCUT2D eigenvalue weighted by Gasteiger charge is -2.19. The summed E-state index contributed by atoms with van der Waals surface area (Å²) in [5, 5.41) is 0. The number of benzene rings is 1. The van der Waals surface area contributed by atoms with Crippen LogP contribution in [0.15, 0.2) is 24.3 Å². The Bertz CT molecular complexity index is 425. The number of ketones is 1. The first-order valence-electron chi connectivity index (χ1n) is 6.64. The van der Waals surface area contributed by atoms with E-state index in [4.69, 9.17) is 4.74 Å². The summed E-state index contributed by atoms with van der Waals surface area (Å²) >= 11 is 0. The van der Waals surface area contributed by atoms with E-state index < -0.39 is 0 Å². The topological polar surface area (TPSA) is 26.3 Å². The van der Waals surface area contributed by atoms with Crippen molar-refractivity contribution < 1.29 is 9.53 Å². The summed E-state index contributed by atoms with van der Waals surface area (Å²) in [6.07, 6.45) is 1.06. The maximum absolute atomic E-state index is 12.3. The van der Waals surface area contributed by atoms with Crippen LogP contribution in [0.2, 0.25) is 0 Å². The van der Waals surface area contributed by atoms with Gasteiger partial charge in [0.15, 0.2) is 5.78 Å². The number of ether oxygens (including phenoxy) is 1. The van der Waals surface area contributed by atoms with Crippen molar-refractivity contribution in [3.63, 3.8) is 0 Å². The van der Waals surface area contributed by atoms with E-state index in [0.717, 1.165) is 12.0 Å². The minimum Gasteiger partial charge on any atom is -0.378 e. The summed E-state index contributed by atoms with van der Waals surface area (Å²) in [5.74, 6) is 0.264. The zero-order chi connectivity index (χ0) is 13.3. The van der Waals surface area contributed by atoms with Crippen molar-refractivity contribution in [1.82, 2.24) is 0 Å². The van der Waals surface area contributed by atoms with Crippen LogP contribution in [0.4, 0.5) is 0 Å². The predicted molar refractivity (Wildman–Crippen MR) is 73.0 cm³/mol. The van der Waals surface area contributed by atoms with Crippen molar-refractivity contribution in [3.05, 3.63) is 35.4 Å². The molecule has 18 heavy (non-hydrogen) atoms.